The van der Waals surface area contributed by atoms with Gasteiger partial charge in [-0.15, -0.1) is 0 Å². The Bertz CT molecular complexity index is 1310. The van der Waals surface area contributed by atoms with E-state index in [9.17, 15) is 19.5 Å². The second-order valence-corrected chi connectivity index (χ2v) is 7.43. The average molecular weight is 427 g/mol. The summed E-state index contributed by atoms with van der Waals surface area (Å²) in [6, 6.07) is 19.2. The third-order valence-electron chi connectivity index (χ3n) is 5.30. The minimum atomic E-state index is -1.24. The van der Waals surface area contributed by atoms with Crippen molar-refractivity contribution in [2.45, 2.75) is 12.5 Å². The van der Waals surface area contributed by atoms with Crippen molar-refractivity contribution in [1.82, 2.24) is 10.3 Å². The highest BCUT2D eigenvalue weighted by molar-refractivity contribution is 6.10. The molecule has 1 heterocycles. The summed E-state index contributed by atoms with van der Waals surface area (Å²) in [7, 11) is 0. The lowest BCUT2D eigenvalue weighted by Crippen LogP contribution is -2.43. The van der Waals surface area contributed by atoms with Gasteiger partial charge in [0.2, 0.25) is 0 Å². The molecule has 4 rings (SSSR count). The van der Waals surface area contributed by atoms with Gasteiger partial charge in [-0.05, 0) is 42.0 Å². The van der Waals surface area contributed by atoms with Crippen molar-refractivity contribution in [3.8, 4) is 0 Å². The molecule has 0 aliphatic carbocycles. The Labute approximate surface area is 183 Å². The third kappa shape index (κ3) is 4.22. The number of carbonyl (C=O) groups is 3. The van der Waals surface area contributed by atoms with E-state index in [1.165, 1.54) is 18.2 Å². The van der Waals surface area contributed by atoms with Crippen LogP contribution in [0.3, 0.4) is 0 Å². The monoisotopic (exact) mass is 427 g/mol. The fourth-order valence-electron chi connectivity index (χ4n) is 3.70. The van der Waals surface area contributed by atoms with Crippen LogP contribution in [0.25, 0.3) is 10.9 Å². The number of anilines is 1. The maximum Gasteiger partial charge on any atom is 0.336 e. The number of carboxylic acid groups (broad SMARTS) is 1. The molecule has 32 heavy (non-hydrogen) atoms. The van der Waals surface area contributed by atoms with Gasteiger partial charge in [0.15, 0.2) is 5.78 Å². The van der Waals surface area contributed by atoms with Crippen LogP contribution in [-0.2, 0) is 6.42 Å². The number of aromatic nitrogens is 1. The molecular weight excluding hydrogens is 406 g/mol. The number of rotatable bonds is 7. The Morgan fingerprint density at radius 2 is 1.66 bits per heavy atom. The number of nitrogen functional groups attached to an aromatic ring is 1. The molecule has 4 aromatic rings. The van der Waals surface area contributed by atoms with Crippen LogP contribution in [0.15, 0.2) is 79.0 Å². The van der Waals surface area contributed by atoms with E-state index in [4.69, 9.17) is 5.73 Å². The Kier molecular flexibility index (Phi) is 5.72. The number of Topliss-reactive ketones (excluding diaryl/α,β-unsaturated/α-hetero) is 1. The molecule has 7 heteroatoms. The van der Waals surface area contributed by atoms with Crippen molar-refractivity contribution in [2.24, 2.45) is 0 Å². The molecule has 1 amide bonds. The lowest BCUT2D eigenvalue weighted by atomic mass is 9.93. The van der Waals surface area contributed by atoms with E-state index >= 15 is 0 Å². The standard InChI is InChI=1S/C25H21N3O4/c26-17-10-11-19(25(31)32)20(13-17)23(29)22(28-24(30)15-6-2-1-3-7-15)12-16-14-27-21-9-5-4-8-18(16)21/h1-11,13-14,22,27H,12,26H2,(H,28,30)(H,31,32)/t22-/m0/s1. The SMILES string of the molecule is Nc1ccc(C(=O)O)c(C(=O)[C@H](Cc2c[nH]c3ccccc23)NC(=O)c2ccccc2)c1. The molecule has 0 aliphatic rings. The van der Waals surface area contributed by atoms with Crippen molar-refractivity contribution in [3.05, 3.63) is 101 Å². The highest BCUT2D eigenvalue weighted by Crippen LogP contribution is 2.22. The third-order valence-corrected chi connectivity index (χ3v) is 5.30. The van der Waals surface area contributed by atoms with E-state index in [1.54, 1.807) is 36.5 Å². The Hall–Kier alpha value is -4.39. The molecular formula is C25H21N3O4. The maximum atomic E-state index is 13.5. The molecule has 1 atom stereocenters. The molecule has 5 N–H and O–H groups in total. The lowest BCUT2D eigenvalue weighted by molar-refractivity contribution is 0.0691. The van der Waals surface area contributed by atoms with Gasteiger partial charge in [0.05, 0.1) is 11.6 Å². The predicted octanol–water partition coefficient (Wildman–Crippen LogP) is 3.67. The largest absolute Gasteiger partial charge is 0.478 e. The number of hydrogen-bond donors (Lipinski definition) is 4. The van der Waals surface area contributed by atoms with E-state index in [2.05, 4.69) is 10.3 Å². The zero-order valence-electron chi connectivity index (χ0n) is 17.0. The number of nitrogens with two attached hydrogens (primary N) is 1. The van der Waals surface area contributed by atoms with Crippen LogP contribution >= 0.6 is 0 Å². The second kappa shape index (κ2) is 8.77. The number of H-pyrrole nitrogens is 1. The Balaban J connectivity index is 1.73. The average Bonchev–Trinajstić information content (AvgIpc) is 3.21. The van der Waals surface area contributed by atoms with E-state index in [0.29, 0.717) is 5.56 Å². The van der Waals surface area contributed by atoms with Crippen LogP contribution in [0.2, 0.25) is 0 Å². The minimum Gasteiger partial charge on any atom is -0.478 e. The number of nitrogens with one attached hydrogen (secondary N) is 2. The quantitative estimate of drug-likeness (QED) is 0.264. The van der Waals surface area contributed by atoms with E-state index in [1.807, 2.05) is 24.3 Å². The normalized spacial score (nSPS) is 11.8. The fraction of sp³-hybridized carbons (Fsp3) is 0.0800. The molecule has 7 nitrogen and oxygen atoms in total. The molecule has 0 spiro atoms. The van der Waals surface area contributed by atoms with Crippen molar-refractivity contribution in [2.75, 3.05) is 5.73 Å². The first-order valence-corrected chi connectivity index (χ1v) is 10.0. The smallest absolute Gasteiger partial charge is 0.336 e. The van der Waals surface area contributed by atoms with Crippen LogP contribution in [0, 0.1) is 0 Å². The van der Waals surface area contributed by atoms with E-state index < -0.39 is 23.7 Å². The van der Waals surface area contributed by atoms with Crippen LogP contribution in [0.5, 0.6) is 0 Å². The summed E-state index contributed by atoms with van der Waals surface area (Å²) in [5.74, 6) is -2.19. The molecule has 0 radical (unpaired) electrons. The maximum absolute atomic E-state index is 13.5. The van der Waals surface area contributed by atoms with Gasteiger partial charge in [-0.3, -0.25) is 9.59 Å². The van der Waals surface area contributed by atoms with Crippen molar-refractivity contribution < 1.29 is 19.5 Å². The van der Waals surface area contributed by atoms with Gasteiger partial charge < -0.3 is 21.1 Å². The molecule has 0 saturated carbocycles. The van der Waals surface area contributed by atoms with Crippen LogP contribution in [0.1, 0.15) is 36.6 Å². The number of carbonyl (C=O) groups excluding carboxylic acids is 2. The summed E-state index contributed by atoms with van der Waals surface area (Å²) in [6.45, 7) is 0. The topological polar surface area (TPSA) is 125 Å². The summed E-state index contributed by atoms with van der Waals surface area (Å²) >= 11 is 0. The summed E-state index contributed by atoms with van der Waals surface area (Å²) in [6.07, 6.45) is 1.96. The number of benzene rings is 3. The number of aromatic carboxylic acids is 1. The number of carboxylic acids is 1. The first-order chi connectivity index (χ1) is 15.4. The van der Waals surface area contributed by atoms with Gasteiger partial charge in [-0.2, -0.15) is 0 Å². The van der Waals surface area contributed by atoms with Gasteiger partial charge in [0.1, 0.15) is 0 Å². The lowest BCUT2D eigenvalue weighted by Gasteiger charge is -2.19. The zero-order chi connectivity index (χ0) is 22.7. The molecule has 3 aromatic carbocycles. The van der Waals surface area contributed by atoms with Crippen LogP contribution < -0.4 is 11.1 Å². The number of fused-ring (bicyclic) bond motifs is 1. The number of hydrogen-bond acceptors (Lipinski definition) is 4. The van der Waals surface area contributed by atoms with Gasteiger partial charge in [-0.1, -0.05) is 36.4 Å². The van der Waals surface area contributed by atoms with Crippen molar-refractivity contribution in [1.29, 1.82) is 0 Å². The summed E-state index contributed by atoms with van der Waals surface area (Å²) in [4.78, 5) is 41.2. The Morgan fingerprint density at radius 3 is 2.41 bits per heavy atom. The zero-order valence-corrected chi connectivity index (χ0v) is 17.0. The minimum absolute atomic E-state index is 0.0456. The molecule has 1 aromatic heterocycles. The first-order valence-electron chi connectivity index (χ1n) is 10.0. The van der Waals surface area contributed by atoms with Gasteiger partial charge in [0, 0.05) is 40.3 Å². The van der Waals surface area contributed by atoms with Crippen LogP contribution in [0.4, 0.5) is 5.69 Å². The van der Waals surface area contributed by atoms with Crippen molar-refractivity contribution >= 4 is 34.3 Å². The highest BCUT2D eigenvalue weighted by atomic mass is 16.4. The summed E-state index contributed by atoms with van der Waals surface area (Å²) in [5.41, 5.74) is 8.01. The van der Waals surface area contributed by atoms with E-state index in [-0.39, 0.29) is 23.2 Å². The second-order valence-electron chi connectivity index (χ2n) is 7.43. The molecule has 0 bridgehead atoms. The molecule has 0 saturated heterocycles. The van der Waals surface area contributed by atoms with Crippen molar-refractivity contribution in [3.63, 3.8) is 0 Å². The molecule has 0 fully saturated rings. The number of aromatic amines is 1. The van der Waals surface area contributed by atoms with Crippen LogP contribution in [-0.4, -0.2) is 33.8 Å². The molecule has 160 valence electrons. The number of ketones is 1. The Morgan fingerprint density at radius 1 is 0.938 bits per heavy atom. The first kappa shape index (κ1) is 20.9. The fourth-order valence-corrected chi connectivity index (χ4v) is 3.70. The summed E-state index contributed by atoms with van der Waals surface area (Å²) < 4.78 is 0. The van der Waals surface area contributed by atoms with Gasteiger partial charge >= 0.3 is 5.97 Å². The van der Waals surface area contributed by atoms with E-state index in [0.717, 1.165) is 16.5 Å². The highest BCUT2D eigenvalue weighted by Gasteiger charge is 2.27. The number of amides is 1. The molecule has 0 aliphatic heterocycles. The summed E-state index contributed by atoms with van der Waals surface area (Å²) in [5, 5.41) is 13.3. The van der Waals surface area contributed by atoms with Gasteiger partial charge in [-0.25, -0.2) is 4.79 Å². The predicted molar refractivity (Wildman–Crippen MR) is 122 cm³/mol. The molecule has 0 unspecified atom stereocenters. The van der Waals surface area contributed by atoms with Gasteiger partial charge in [0.25, 0.3) is 5.91 Å². The number of para-hydroxylation sites is 1.